The highest BCUT2D eigenvalue weighted by molar-refractivity contribution is 8.10. The van der Waals surface area contributed by atoms with Crippen molar-refractivity contribution in [2.75, 3.05) is 14.2 Å². The summed E-state index contributed by atoms with van der Waals surface area (Å²) in [6.07, 6.45) is 0. The second-order valence-electron chi connectivity index (χ2n) is 2.44. The Labute approximate surface area is 91.0 Å². The van der Waals surface area contributed by atoms with E-state index in [0.29, 0.717) is 12.0 Å². The number of rotatable bonds is 3. The van der Waals surface area contributed by atoms with Crippen LogP contribution in [0.5, 0.6) is 0 Å². The number of esters is 1. The normalized spacial score (nSPS) is 9.73. The molecule has 6 heteroatoms. The Morgan fingerprint density at radius 3 is 2.53 bits per heavy atom. The largest absolute Gasteiger partial charge is 0.464 e. The molecule has 0 aliphatic rings. The second-order valence-corrected chi connectivity index (χ2v) is 3.31. The van der Waals surface area contributed by atoms with E-state index in [1.54, 1.807) is 6.07 Å². The lowest BCUT2D eigenvalue weighted by molar-refractivity contribution is 0.0594. The highest BCUT2D eigenvalue weighted by atomic mass is 32.2. The summed E-state index contributed by atoms with van der Waals surface area (Å²) >= 11 is 0.659. The maximum Gasteiger partial charge on any atom is 0.356 e. The van der Waals surface area contributed by atoms with Gasteiger partial charge < -0.3 is 8.92 Å². The van der Waals surface area contributed by atoms with Gasteiger partial charge in [-0.2, -0.15) is 0 Å². The Morgan fingerprint density at radius 2 is 1.93 bits per heavy atom. The third-order valence-corrected chi connectivity index (χ3v) is 2.04. The van der Waals surface area contributed by atoms with Crippen molar-refractivity contribution in [2.45, 2.75) is 0 Å². The number of methoxy groups -OCH3 is 1. The molecule has 1 heterocycles. The SMILES string of the molecule is COSC(=O)c1cccc(C(=O)OC)n1. The van der Waals surface area contributed by atoms with Crippen molar-refractivity contribution < 1.29 is 18.5 Å². The molecular formula is C9H9NO4S. The van der Waals surface area contributed by atoms with E-state index >= 15 is 0 Å². The fourth-order valence-electron chi connectivity index (χ4n) is 0.885. The van der Waals surface area contributed by atoms with Crippen LogP contribution in [0.3, 0.4) is 0 Å². The summed E-state index contributed by atoms with van der Waals surface area (Å²) in [4.78, 5) is 26.3. The van der Waals surface area contributed by atoms with Gasteiger partial charge in [-0.25, -0.2) is 9.78 Å². The molecule has 0 saturated heterocycles. The van der Waals surface area contributed by atoms with Crippen LogP contribution in [-0.4, -0.2) is 30.3 Å². The minimum Gasteiger partial charge on any atom is -0.464 e. The first-order valence-electron chi connectivity index (χ1n) is 3.99. The Bertz CT molecular complexity index is 380. The highest BCUT2D eigenvalue weighted by Gasteiger charge is 2.12. The molecule has 0 spiro atoms. The molecule has 0 aliphatic heterocycles. The molecule has 0 atom stereocenters. The zero-order valence-corrected chi connectivity index (χ0v) is 9.04. The van der Waals surface area contributed by atoms with Crippen LogP contribution in [0.2, 0.25) is 0 Å². The van der Waals surface area contributed by atoms with Gasteiger partial charge >= 0.3 is 5.97 Å². The first-order chi connectivity index (χ1) is 7.19. The fraction of sp³-hybridized carbons (Fsp3) is 0.222. The van der Waals surface area contributed by atoms with Crippen LogP contribution in [-0.2, 0) is 8.92 Å². The maximum absolute atomic E-state index is 11.3. The van der Waals surface area contributed by atoms with Gasteiger partial charge in [-0.3, -0.25) is 4.79 Å². The number of hydrogen-bond donors (Lipinski definition) is 0. The summed E-state index contributed by atoms with van der Waals surface area (Å²) in [6.45, 7) is 0. The molecule has 0 unspecified atom stereocenters. The number of hydrogen-bond acceptors (Lipinski definition) is 6. The van der Waals surface area contributed by atoms with E-state index in [2.05, 4.69) is 13.9 Å². The van der Waals surface area contributed by atoms with Gasteiger partial charge in [0, 0.05) is 0 Å². The molecule has 80 valence electrons. The number of ether oxygens (including phenoxy) is 1. The molecule has 0 N–H and O–H groups in total. The first-order valence-corrected chi connectivity index (χ1v) is 4.73. The van der Waals surface area contributed by atoms with E-state index < -0.39 is 5.97 Å². The van der Waals surface area contributed by atoms with E-state index in [1.165, 1.54) is 26.4 Å². The van der Waals surface area contributed by atoms with Crippen LogP contribution in [0.15, 0.2) is 18.2 Å². The van der Waals surface area contributed by atoms with E-state index in [0.717, 1.165) is 0 Å². The maximum atomic E-state index is 11.3. The van der Waals surface area contributed by atoms with Crippen LogP contribution in [0.1, 0.15) is 21.0 Å². The molecule has 5 nitrogen and oxygen atoms in total. The van der Waals surface area contributed by atoms with Crippen molar-refractivity contribution in [3.05, 3.63) is 29.6 Å². The lowest BCUT2D eigenvalue weighted by Gasteiger charge is -2.00. The Balaban J connectivity index is 2.92. The molecule has 0 radical (unpaired) electrons. The monoisotopic (exact) mass is 227 g/mol. The second kappa shape index (κ2) is 5.47. The predicted molar refractivity (Wildman–Crippen MR) is 54.5 cm³/mol. The fourth-order valence-corrected chi connectivity index (χ4v) is 1.24. The van der Waals surface area contributed by atoms with Crippen molar-refractivity contribution in [2.24, 2.45) is 0 Å². The summed E-state index contributed by atoms with van der Waals surface area (Å²) in [6, 6.07) is 4.53. The lowest BCUT2D eigenvalue weighted by atomic mass is 10.3. The predicted octanol–water partition coefficient (Wildman–Crippen LogP) is 1.30. The lowest BCUT2D eigenvalue weighted by Crippen LogP contribution is -2.07. The van der Waals surface area contributed by atoms with Crippen LogP contribution in [0.4, 0.5) is 0 Å². The van der Waals surface area contributed by atoms with Crippen molar-refractivity contribution in [3.63, 3.8) is 0 Å². The molecule has 0 aliphatic carbocycles. The third-order valence-electron chi connectivity index (χ3n) is 1.51. The van der Waals surface area contributed by atoms with Gasteiger partial charge in [0.25, 0.3) is 5.12 Å². The van der Waals surface area contributed by atoms with Gasteiger partial charge in [0.2, 0.25) is 0 Å². The topological polar surface area (TPSA) is 65.5 Å². The van der Waals surface area contributed by atoms with Gasteiger partial charge in [0.05, 0.1) is 26.3 Å². The Kier molecular flexibility index (Phi) is 4.26. The summed E-state index contributed by atoms with van der Waals surface area (Å²) in [7, 11) is 2.63. The van der Waals surface area contributed by atoms with Gasteiger partial charge in [-0.15, -0.1) is 0 Å². The minimum atomic E-state index is -0.577. The minimum absolute atomic E-state index is 0.0973. The van der Waals surface area contributed by atoms with Crippen LogP contribution in [0, 0.1) is 0 Å². The zero-order chi connectivity index (χ0) is 11.3. The standard InChI is InChI=1S/C9H9NO4S/c1-13-8(11)6-4-3-5-7(10-6)9(12)15-14-2/h3-5H,1-2H3. The van der Waals surface area contributed by atoms with Crippen molar-refractivity contribution in [1.82, 2.24) is 4.98 Å². The van der Waals surface area contributed by atoms with Crippen molar-refractivity contribution >= 4 is 23.1 Å². The van der Waals surface area contributed by atoms with Crippen LogP contribution in [0.25, 0.3) is 0 Å². The zero-order valence-electron chi connectivity index (χ0n) is 8.22. The molecule has 0 bridgehead atoms. The Morgan fingerprint density at radius 1 is 1.27 bits per heavy atom. The quantitative estimate of drug-likeness (QED) is 0.573. The summed E-state index contributed by atoms with van der Waals surface area (Å²) < 4.78 is 9.08. The Hall–Kier alpha value is -1.40. The molecule has 0 fully saturated rings. The van der Waals surface area contributed by atoms with Crippen molar-refractivity contribution in [3.8, 4) is 0 Å². The van der Waals surface area contributed by atoms with E-state index in [4.69, 9.17) is 0 Å². The molecule has 0 aromatic carbocycles. The average Bonchev–Trinajstić information content (AvgIpc) is 2.28. The van der Waals surface area contributed by atoms with Crippen LogP contribution < -0.4 is 0 Å². The highest BCUT2D eigenvalue weighted by Crippen LogP contribution is 2.11. The first kappa shape index (κ1) is 11.7. The van der Waals surface area contributed by atoms with E-state index in [9.17, 15) is 9.59 Å². The molecular weight excluding hydrogens is 218 g/mol. The number of carbonyl (C=O) groups excluding carboxylic acids is 2. The van der Waals surface area contributed by atoms with E-state index in [-0.39, 0.29) is 16.5 Å². The van der Waals surface area contributed by atoms with Gasteiger partial charge in [0.1, 0.15) is 11.4 Å². The van der Waals surface area contributed by atoms with Gasteiger partial charge in [-0.05, 0) is 12.1 Å². The van der Waals surface area contributed by atoms with Gasteiger partial charge in [0.15, 0.2) is 0 Å². The number of pyridine rings is 1. The van der Waals surface area contributed by atoms with Gasteiger partial charge in [-0.1, -0.05) is 6.07 Å². The molecule has 1 aromatic rings. The summed E-state index contributed by atoms with van der Waals surface area (Å²) in [5.41, 5.74) is 0.254. The summed E-state index contributed by atoms with van der Waals surface area (Å²) in [5, 5.41) is -0.358. The average molecular weight is 227 g/mol. The molecule has 1 aromatic heterocycles. The smallest absolute Gasteiger partial charge is 0.356 e. The van der Waals surface area contributed by atoms with E-state index in [1.807, 2.05) is 0 Å². The van der Waals surface area contributed by atoms with Crippen LogP contribution >= 0.6 is 12.0 Å². The van der Waals surface area contributed by atoms with Crippen molar-refractivity contribution in [1.29, 1.82) is 0 Å². The summed E-state index contributed by atoms with van der Waals surface area (Å²) in [5.74, 6) is -0.577. The molecule has 0 saturated carbocycles. The molecule has 15 heavy (non-hydrogen) atoms. The molecule has 1 rings (SSSR count). The number of carbonyl (C=O) groups is 2. The molecule has 0 amide bonds. The third kappa shape index (κ3) is 3.03. The number of nitrogens with zero attached hydrogens (tertiary/aromatic N) is 1. The number of aromatic nitrogens is 1.